The van der Waals surface area contributed by atoms with Gasteiger partial charge in [-0.25, -0.2) is 14.8 Å². The van der Waals surface area contributed by atoms with E-state index in [1.54, 1.807) is 25.2 Å². The number of ether oxygens (including phenoxy) is 3. The van der Waals surface area contributed by atoms with E-state index >= 15 is 0 Å². The minimum Gasteiger partial charge on any atom is -0.493 e. The van der Waals surface area contributed by atoms with Crippen LogP contribution in [0.5, 0.6) is 23.1 Å². The van der Waals surface area contributed by atoms with E-state index in [4.69, 9.17) is 14.2 Å². The number of rotatable bonds is 6. The third-order valence-corrected chi connectivity index (χ3v) is 6.37. The number of urea groups is 1. The number of anilines is 2. The lowest BCUT2D eigenvalue weighted by atomic mass is 10.0. The van der Waals surface area contributed by atoms with Crippen LogP contribution in [0, 0.1) is 0 Å². The Morgan fingerprint density at radius 1 is 1.03 bits per heavy atom. The van der Waals surface area contributed by atoms with E-state index in [1.807, 2.05) is 48.5 Å². The lowest BCUT2D eigenvalue weighted by Gasteiger charge is -2.30. The molecular formula is C28H28N4O4. The number of para-hydroxylation sites is 1. The molecule has 1 aliphatic rings. The molecule has 8 nitrogen and oxygen atoms in total. The number of fused-ring (bicyclic) bond motifs is 2. The SMILES string of the molecule is CCc1ccccc1NC(=O)N1CCCc2cc(Oc3ncnc4cc(OC)c(OC)cc34)ccc21. The largest absolute Gasteiger partial charge is 0.493 e. The van der Waals surface area contributed by atoms with Gasteiger partial charge in [0.25, 0.3) is 0 Å². The van der Waals surface area contributed by atoms with Crippen molar-refractivity contribution >= 4 is 28.3 Å². The summed E-state index contributed by atoms with van der Waals surface area (Å²) in [5.41, 5.74) is 4.58. The highest BCUT2D eigenvalue weighted by Crippen LogP contribution is 2.37. The molecule has 1 N–H and O–H groups in total. The van der Waals surface area contributed by atoms with Crippen LogP contribution < -0.4 is 24.4 Å². The number of carbonyl (C=O) groups is 1. The van der Waals surface area contributed by atoms with Crippen molar-refractivity contribution in [2.45, 2.75) is 26.2 Å². The number of hydrogen-bond donors (Lipinski definition) is 1. The summed E-state index contributed by atoms with van der Waals surface area (Å²) in [5.74, 6) is 2.22. The number of nitrogens with one attached hydrogen (secondary N) is 1. The Labute approximate surface area is 209 Å². The maximum absolute atomic E-state index is 13.2. The third kappa shape index (κ3) is 4.49. The van der Waals surface area contributed by atoms with Crippen molar-refractivity contribution in [3.63, 3.8) is 0 Å². The molecule has 2 heterocycles. The highest BCUT2D eigenvalue weighted by molar-refractivity contribution is 6.03. The van der Waals surface area contributed by atoms with Gasteiger partial charge >= 0.3 is 6.03 Å². The van der Waals surface area contributed by atoms with Crippen LogP contribution in [0.15, 0.2) is 60.9 Å². The molecule has 0 bridgehead atoms. The van der Waals surface area contributed by atoms with Gasteiger partial charge in [0.05, 0.1) is 25.1 Å². The molecule has 184 valence electrons. The van der Waals surface area contributed by atoms with E-state index in [9.17, 15) is 4.79 Å². The number of benzene rings is 3. The summed E-state index contributed by atoms with van der Waals surface area (Å²) in [7, 11) is 3.17. The van der Waals surface area contributed by atoms with Crippen LogP contribution in [-0.4, -0.2) is 36.8 Å². The standard InChI is InChI=1S/C28H28N4O4/c1-4-18-8-5-6-10-22(18)31-28(33)32-13-7-9-19-14-20(11-12-24(19)32)36-27-21-15-25(34-2)26(35-3)16-23(21)29-17-30-27/h5-6,8,10-12,14-17H,4,7,9,13H2,1-3H3,(H,31,33). The molecule has 0 saturated heterocycles. The first-order valence-electron chi connectivity index (χ1n) is 11.9. The number of amides is 2. The van der Waals surface area contributed by atoms with Crippen LogP contribution >= 0.6 is 0 Å². The maximum Gasteiger partial charge on any atom is 0.326 e. The summed E-state index contributed by atoms with van der Waals surface area (Å²) in [6, 6.07) is 17.1. The molecule has 2 amide bonds. The molecule has 0 spiro atoms. The van der Waals surface area contributed by atoms with Crippen molar-refractivity contribution in [2.75, 3.05) is 31.0 Å². The average Bonchev–Trinajstić information content (AvgIpc) is 2.92. The van der Waals surface area contributed by atoms with Gasteiger partial charge in [-0.2, -0.15) is 0 Å². The summed E-state index contributed by atoms with van der Waals surface area (Å²) < 4.78 is 17.0. The van der Waals surface area contributed by atoms with Crippen LogP contribution in [0.25, 0.3) is 10.9 Å². The zero-order valence-electron chi connectivity index (χ0n) is 20.6. The molecule has 1 aliphatic heterocycles. The van der Waals surface area contributed by atoms with E-state index < -0.39 is 0 Å². The van der Waals surface area contributed by atoms with Gasteiger partial charge in [0.2, 0.25) is 5.88 Å². The van der Waals surface area contributed by atoms with Gasteiger partial charge < -0.3 is 19.5 Å². The monoisotopic (exact) mass is 484 g/mol. The fourth-order valence-electron chi connectivity index (χ4n) is 4.53. The molecule has 36 heavy (non-hydrogen) atoms. The molecule has 0 aliphatic carbocycles. The number of aryl methyl sites for hydroxylation is 2. The lowest BCUT2D eigenvalue weighted by Crippen LogP contribution is -2.38. The van der Waals surface area contributed by atoms with Crippen LogP contribution in [0.3, 0.4) is 0 Å². The fourth-order valence-corrected chi connectivity index (χ4v) is 4.53. The Bertz CT molecular complexity index is 1420. The Morgan fingerprint density at radius 3 is 2.64 bits per heavy atom. The van der Waals surface area contributed by atoms with Crippen LogP contribution in [0.2, 0.25) is 0 Å². The first kappa shape index (κ1) is 23.4. The van der Waals surface area contributed by atoms with Gasteiger partial charge in [0.15, 0.2) is 11.5 Å². The first-order chi connectivity index (χ1) is 17.6. The Hall–Kier alpha value is -4.33. The third-order valence-electron chi connectivity index (χ3n) is 6.37. The summed E-state index contributed by atoms with van der Waals surface area (Å²) in [6.45, 7) is 2.74. The lowest BCUT2D eigenvalue weighted by molar-refractivity contribution is 0.256. The summed E-state index contributed by atoms with van der Waals surface area (Å²) >= 11 is 0. The summed E-state index contributed by atoms with van der Waals surface area (Å²) in [6.07, 6.45) is 4.04. The molecule has 0 unspecified atom stereocenters. The zero-order valence-corrected chi connectivity index (χ0v) is 20.6. The van der Waals surface area contributed by atoms with E-state index in [0.717, 1.165) is 41.8 Å². The van der Waals surface area contributed by atoms with Crippen LogP contribution in [0.1, 0.15) is 24.5 Å². The normalized spacial score (nSPS) is 12.7. The minimum absolute atomic E-state index is 0.131. The predicted molar refractivity (Wildman–Crippen MR) is 140 cm³/mol. The molecule has 0 fully saturated rings. The average molecular weight is 485 g/mol. The van der Waals surface area contributed by atoms with E-state index in [-0.39, 0.29) is 6.03 Å². The number of nitrogens with zero attached hydrogens (tertiary/aromatic N) is 3. The maximum atomic E-state index is 13.2. The van der Waals surface area contributed by atoms with Crippen molar-refractivity contribution in [3.8, 4) is 23.1 Å². The highest BCUT2D eigenvalue weighted by Gasteiger charge is 2.24. The van der Waals surface area contributed by atoms with Crippen molar-refractivity contribution in [3.05, 3.63) is 72.1 Å². The second-order valence-electron chi connectivity index (χ2n) is 8.49. The van der Waals surface area contributed by atoms with Crippen molar-refractivity contribution in [1.82, 2.24) is 9.97 Å². The Morgan fingerprint density at radius 2 is 1.83 bits per heavy atom. The molecule has 0 atom stereocenters. The molecule has 4 aromatic rings. The number of aromatic nitrogens is 2. The van der Waals surface area contributed by atoms with Gasteiger partial charge in [-0.05, 0) is 60.7 Å². The van der Waals surface area contributed by atoms with Gasteiger partial charge in [-0.3, -0.25) is 4.90 Å². The molecule has 3 aromatic carbocycles. The quantitative estimate of drug-likeness (QED) is 0.362. The first-order valence-corrected chi connectivity index (χ1v) is 11.9. The van der Waals surface area contributed by atoms with E-state index in [1.165, 1.54) is 6.33 Å². The number of carbonyl (C=O) groups excluding carboxylic acids is 1. The second-order valence-corrected chi connectivity index (χ2v) is 8.49. The highest BCUT2D eigenvalue weighted by atomic mass is 16.5. The summed E-state index contributed by atoms with van der Waals surface area (Å²) in [4.78, 5) is 23.7. The molecule has 5 rings (SSSR count). The second kappa shape index (κ2) is 10.1. The van der Waals surface area contributed by atoms with E-state index in [2.05, 4.69) is 22.2 Å². The van der Waals surface area contributed by atoms with Crippen LogP contribution in [0.4, 0.5) is 16.2 Å². The topological polar surface area (TPSA) is 85.8 Å². The van der Waals surface area contributed by atoms with Crippen LogP contribution in [-0.2, 0) is 12.8 Å². The molecular weight excluding hydrogens is 456 g/mol. The van der Waals surface area contributed by atoms with Crippen molar-refractivity contribution in [2.24, 2.45) is 0 Å². The van der Waals surface area contributed by atoms with Gasteiger partial charge in [-0.1, -0.05) is 25.1 Å². The predicted octanol–water partition coefficient (Wildman–Crippen LogP) is 5.99. The minimum atomic E-state index is -0.131. The van der Waals surface area contributed by atoms with E-state index in [0.29, 0.717) is 40.6 Å². The molecule has 8 heteroatoms. The number of methoxy groups -OCH3 is 2. The summed E-state index contributed by atoms with van der Waals surface area (Å²) in [5, 5.41) is 3.80. The Balaban J connectivity index is 1.41. The fraction of sp³-hybridized carbons (Fsp3) is 0.250. The van der Waals surface area contributed by atoms with Gasteiger partial charge in [0.1, 0.15) is 12.1 Å². The smallest absolute Gasteiger partial charge is 0.326 e. The van der Waals surface area contributed by atoms with Gasteiger partial charge in [0, 0.05) is 24.0 Å². The number of hydrogen-bond acceptors (Lipinski definition) is 6. The zero-order chi connectivity index (χ0) is 25.1. The van der Waals surface area contributed by atoms with Crippen molar-refractivity contribution in [1.29, 1.82) is 0 Å². The molecule has 1 aromatic heterocycles. The Kier molecular flexibility index (Phi) is 6.58. The molecule has 0 saturated carbocycles. The van der Waals surface area contributed by atoms with Crippen molar-refractivity contribution < 1.29 is 19.0 Å². The molecule has 0 radical (unpaired) electrons. The van der Waals surface area contributed by atoms with Gasteiger partial charge in [-0.15, -0.1) is 0 Å².